The Bertz CT molecular complexity index is 839. The molecular weight excluding hydrogens is 662 g/mol. The molecule has 0 aromatic carbocycles. The number of likely N-dealkylation sites (N-methyl/N-ethyl adjacent to an activating group) is 1. The van der Waals surface area contributed by atoms with Crippen LogP contribution in [0.15, 0.2) is 0 Å². The maximum atomic E-state index is 12.8. The number of aldehydes is 2. The van der Waals surface area contributed by atoms with Crippen LogP contribution in [0.5, 0.6) is 0 Å². The van der Waals surface area contributed by atoms with Gasteiger partial charge in [-0.15, -0.1) is 0 Å². The molecule has 12 heteroatoms. The van der Waals surface area contributed by atoms with Crippen LogP contribution in [0.2, 0.25) is 0 Å². The van der Waals surface area contributed by atoms with E-state index in [1.54, 1.807) is 7.05 Å². The van der Waals surface area contributed by atoms with Crippen LogP contribution in [0.4, 0.5) is 0 Å². The van der Waals surface area contributed by atoms with E-state index in [9.17, 15) is 28.8 Å². The van der Waals surface area contributed by atoms with Crippen molar-refractivity contribution >= 4 is 36.2 Å². The first-order chi connectivity index (χ1) is 24.0. The molecule has 314 valence electrons. The molecule has 0 aliphatic carbocycles. The molecule has 0 saturated carbocycles. The molecule has 0 rings (SSSR count). The van der Waals surface area contributed by atoms with Crippen molar-refractivity contribution in [2.45, 2.75) is 186 Å². The van der Waals surface area contributed by atoms with Crippen LogP contribution in [0.1, 0.15) is 169 Å². The third-order valence-corrected chi connectivity index (χ3v) is 6.27. The maximum Gasteiger partial charge on any atom is 0.245 e. The van der Waals surface area contributed by atoms with Crippen molar-refractivity contribution in [3.05, 3.63) is 0 Å². The number of carbonyl (C=O) groups excluding carboxylic acids is 6. The molecule has 0 aliphatic heterocycles. The van der Waals surface area contributed by atoms with Crippen LogP contribution < -0.4 is 26.6 Å². The highest BCUT2D eigenvalue weighted by molar-refractivity contribution is 5.96. The van der Waals surface area contributed by atoms with Gasteiger partial charge in [0, 0.05) is 25.5 Å². The maximum absolute atomic E-state index is 12.8. The summed E-state index contributed by atoms with van der Waals surface area (Å²) in [5.74, 6) is -1.54. The van der Waals surface area contributed by atoms with Crippen molar-refractivity contribution in [2.24, 2.45) is 11.3 Å². The zero-order valence-corrected chi connectivity index (χ0v) is 35.8. The predicted molar refractivity (Wildman–Crippen MR) is 220 cm³/mol. The van der Waals surface area contributed by atoms with Gasteiger partial charge in [0.1, 0.15) is 30.2 Å². The van der Waals surface area contributed by atoms with Crippen LogP contribution in [-0.4, -0.2) is 86.2 Å². The Morgan fingerprint density at radius 2 is 1.19 bits per heavy atom. The Morgan fingerprint density at radius 1 is 0.731 bits per heavy atom. The van der Waals surface area contributed by atoms with Gasteiger partial charge in [0.25, 0.3) is 0 Å². The molecule has 0 aliphatic rings. The fourth-order valence-corrected chi connectivity index (χ4v) is 3.69. The lowest BCUT2D eigenvalue weighted by Crippen LogP contribution is -2.62. The average Bonchev–Trinajstić information content (AvgIpc) is 3.09. The first kappa shape index (κ1) is 64.1. The minimum atomic E-state index is -1.31. The number of carbonyl (C=O) groups is 6. The van der Waals surface area contributed by atoms with E-state index in [0.717, 1.165) is 13.4 Å². The molecule has 4 amide bonds. The molecule has 0 aromatic rings. The molecule has 0 heterocycles. The van der Waals surface area contributed by atoms with E-state index in [-0.39, 0.29) is 50.1 Å². The van der Waals surface area contributed by atoms with Gasteiger partial charge in [-0.1, -0.05) is 135 Å². The minimum Gasteiger partial charge on any atom is -0.400 e. The second-order valence-electron chi connectivity index (χ2n) is 13.4. The molecule has 12 nitrogen and oxygen atoms in total. The number of rotatable bonds is 20. The Labute approximate surface area is 321 Å². The SMILES string of the molecule is C.CC.CC.CC(C)(C)C=O.CCCC(NC(=O)C(C)(C)NC(=O)C(CC(C)C)NC(=O)CNC)C(=O)NCCC=O.CCCCCCCC.CO. The monoisotopic (exact) mass is 750 g/mol. The van der Waals surface area contributed by atoms with Gasteiger partial charge >= 0.3 is 0 Å². The van der Waals surface area contributed by atoms with Crippen molar-refractivity contribution in [1.29, 1.82) is 0 Å². The zero-order chi connectivity index (χ0) is 41.5. The van der Waals surface area contributed by atoms with E-state index in [1.807, 2.05) is 69.2 Å². The standard InChI is InChI=1S/C21H39N5O5.C8H18.C5H10O.2C2H6.CH4O.CH4/c1-7-9-15(18(29)23-10-8-11-27)25-20(31)21(4,5)26-19(30)16(12-14(2)3)24-17(28)13-22-6;1-3-5-7-8-6-4-2;1-5(2,3)4-6;3*1-2;/h11,14-16,22H,7-10,12-13H2,1-6H3,(H,23,29)(H,24,28)(H,25,31)(H,26,30);3-8H2,1-2H3;4H,1-3H3;2*1-2H3;2H,1H3;1H4. The van der Waals surface area contributed by atoms with Crippen LogP contribution in [0.25, 0.3) is 0 Å². The fourth-order valence-electron chi connectivity index (χ4n) is 3.69. The summed E-state index contributed by atoms with van der Waals surface area (Å²) in [7, 11) is 2.63. The van der Waals surface area contributed by atoms with E-state index < -0.39 is 29.4 Å². The molecule has 0 aromatic heterocycles. The quantitative estimate of drug-likeness (QED) is 0.0601. The lowest BCUT2D eigenvalue weighted by molar-refractivity contribution is -0.136. The largest absolute Gasteiger partial charge is 0.400 e. The Kier molecular flexibility index (Phi) is 54.6. The number of hydrogen-bond donors (Lipinski definition) is 6. The van der Waals surface area contributed by atoms with E-state index in [2.05, 4.69) is 40.4 Å². The lowest BCUT2D eigenvalue weighted by atomic mass is 9.99. The van der Waals surface area contributed by atoms with E-state index >= 15 is 0 Å². The predicted octanol–water partition coefficient (Wildman–Crippen LogP) is 6.52. The Balaban J connectivity index is -0.000000158. The average molecular weight is 750 g/mol. The second kappa shape index (κ2) is 44.3. The van der Waals surface area contributed by atoms with Gasteiger partial charge in [0.2, 0.25) is 23.6 Å². The van der Waals surface area contributed by atoms with Crippen LogP contribution in [0.3, 0.4) is 0 Å². The summed E-state index contributed by atoms with van der Waals surface area (Å²) in [6.07, 6.45) is 11.8. The molecule has 6 N–H and O–H groups in total. The molecule has 0 fully saturated rings. The molecule has 52 heavy (non-hydrogen) atoms. The highest BCUT2D eigenvalue weighted by Gasteiger charge is 2.35. The highest BCUT2D eigenvalue weighted by Crippen LogP contribution is 2.10. The fraction of sp³-hybridized carbons (Fsp3) is 0.850. The lowest BCUT2D eigenvalue weighted by Gasteiger charge is -2.30. The topological polar surface area (TPSA) is 183 Å². The van der Waals surface area contributed by atoms with Gasteiger partial charge in [-0.2, -0.15) is 0 Å². The van der Waals surface area contributed by atoms with Gasteiger partial charge in [0.05, 0.1) is 6.54 Å². The zero-order valence-electron chi connectivity index (χ0n) is 35.8. The van der Waals surface area contributed by atoms with Crippen molar-refractivity contribution in [1.82, 2.24) is 26.6 Å². The number of hydrogen-bond acceptors (Lipinski definition) is 8. The first-order valence-corrected chi connectivity index (χ1v) is 19.1. The van der Waals surface area contributed by atoms with Crippen molar-refractivity contribution in [3.63, 3.8) is 0 Å². The first-order valence-electron chi connectivity index (χ1n) is 19.1. The van der Waals surface area contributed by atoms with Crippen molar-refractivity contribution < 1.29 is 33.9 Å². The summed E-state index contributed by atoms with van der Waals surface area (Å²) in [4.78, 5) is 70.2. The summed E-state index contributed by atoms with van der Waals surface area (Å²) >= 11 is 0. The Hall–Kier alpha value is -2.86. The van der Waals surface area contributed by atoms with Gasteiger partial charge < -0.3 is 41.3 Å². The second-order valence-corrected chi connectivity index (χ2v) is 13.4. The summed E-state index contributed by atoms with van der Waals surface area (Å²) in [6, 6.07) is -1.56. The van der Waals surface area contributed by atoms with Gasteiger partial charge in [-0.05, 0) is 39.7 Å². The Morgan fingerprint density at radius 3 is 1.54 bits per heavy atom. The highest BCUT2D eigenvalue weighted by atomic mass is 16.2. The van der Waals surface area contributed by atoms with Crippen LogP contribution in [0, 0.1) is 11.3 Å². The van der Waals surface area contributed by atoms with E-state index in [0.29, 0.717) is 25.5 Å². The molecule has 2 atom stereocenters. The third-order valence-electron chi connectivity index (χ3n) is 6.27. The third kappa shape index (κ3) is 45.2. The summed E-state index contributed by atoms with van der Waals surface area (Å²) < 4.78 is 0. The number of amides is 4. The van der Waals surface area contributed by atoms with Gasteiger partial charge in [-0.3, -0.25) is 19.2 Å². The summed E-state index contributed by atoms with van der Waals surface area (Å²) in [6.45, 7) is 27.2. The van der Waals surface area contributed by atoms with Crippen molar-refractivity contribution in [3.8, 4) is 0 Å². The molecular formula is C40H87N5O7. The molecule has 0 saturated heterocycles. The van der Waals surface area contributed by atoms with E-state index in [4.69, 9.17) is 5.11 Å². The summed E-state index contributed by atoms with van der Waals surface area (Å²) in [5.41, 5.74) is -1.45. The van der Waals surface area contributed by atoms with E-state index in [1.165, 1.54) is 52.4 Å². The van der Waals surface area contributed by atoms with Gasteiger partial charge in [0.15, 0.2) is 0 Å². The normalized spacial score (nSPS) is 11.0. The molecule has 0 spiro atoms. The smallest absolute Gasteiger partial charge is 0.245 e. The number of aliphatic hydroxyl groups is 1. The number of nitrogens with one attached hydrogen (secondary N) is 5. The minimum absolute atomic E-state index is 0. The summed E-state index contributed by atoms with van der Waals surface area (Å²) in [5, 5.41) is 20.4. The number of aliphatic hydroxyl groups excluding tert-OH is 1. The van der Waals surface area contributed by atoms with Crippen molar-refractivity contribution in [2.75, 3.05) is 27.2 Å². The molecule has 2 unspecified atom stereocenters. The number of unbranched alkanes of at least 4 members (excludes halogenated alkanes) is 5. The van der Waals surface area contributed by atoms with Crippen LogP contribution in [-0.2, 0) is 28.8 Å². The van der Waals surface area contributed by atoms with Crippen LogP contribution >= 0.6 is 0 Å². The van der Waals surface area contributed by atoms with Gasteiger partial charge in [-0.25, -0.2) is 0 Å². The molecule has 0 radical (unpaired) electrons. The molecule has 0 bridgehead atoms.